The molecule has 1 aromatic rings. The second-order valence-electron chi connectivity index (χ2n) is 5.85. The number of nitrogens with zero attached hydrogens (tertiary/aromatic N) is 1. The number of hydrogen-bond acceptors (Lipinski definition) is 3. The van der Waals surface area contributed by atoms with Crippen molar-refractivity contribution in [3.8, 4) is 0 Å². The highest BCUT2D eigenvalue weighted by molar-refractivity contribution is 5.33. The van der Waals surface area contributed by atoms with Gasteiger partial charge in [-0.1, -0.05) is 44.2 Å². The first kappa shape index (κ1) is 15.0. The third-order valence-electron chi connectivity index (χ3n) is 4.38. The summed E-state index contributed by atoms with van der Waals surface area (Å²) in [6.45, 7) is 0. The monoisotopic (exact) mass is 276 g/mol. The van der Waals surface area contributed by atoms with Gasteiger partial charge in [0.2, 0.25) is 0 Å². The molecule has 0 bridgehead atoms. The average Bonchev–Trinajstić information content (AvgIpc) is 2.48. The van der Waals surface area contributed by atoms with Gasteiger partial charge in [0, 0.05) is 18.2 Å². The van der Waals surface area contributed by atoms with Crippen molar-refractivity contribution in [2.75, 3.05) is 7.05 Å². The minimum Gasteiger partial charge on any atom is -0.317 e. The summed E-state index contributed by atoms with van der Waals surface area (Å²) in [6.07, 6.45) is 9.02. The highest BCUT2D eigenvalue weighted by Gasteiger charge is 2.18. The van der Waals surface area contributed by atoms with Crippen LogP contribution in [0.15, 0.2) is 24.3 Å². The van der Waals surface area contributed by atoms with E-state index in [1.165, 1.54) is 44.1 Å². The molecule has 1 N–H and O–H groups in total. The Labute approximate surface area is 120 Å². The van der Waals surface area contributed by atoms with E-state index in [0.717, 1.165) is 12.3 Å². The normalized spacial score (nSPS) is 17.9. The van der Waals surface area contributed by atoms with Crippen LogP contribution in [0.1, 0.15) is 44.1 Å². The van der Waals surface area contributed by atoms with Gasteiger partial charge in [-0.15, -0.1) is 0 Å². The summed E-state index contributed by atoms with van der Waals surface area (Å²) >= 11 is 0. The van der Waals surface area contributed by atoms with Crippen molar-refractivity contribution < 1.29 is 4.92 Å². The van der Waals surface area contributed by atoms with E-state index >= 15 is 0 Å². The molecule has 20 heavy (non-hydrogen) atoms. The van der Waals surface area contributed by atoms with Crippen LogP contribution in [0.25, 0.3) is 0 Å². The van der Waals surface area contributed by atoms with Gasteiger partial charge < -0.3 is 5.32 Å². The second-order valence-corrected chi connectivity index (χ2v) is 5.85. The molecule has 0 spiro atoms. The maximum absolute atomic E-state index is 10.6. The molecule has 0 aliphatic heterocycles. The van der Waals surface area contributed by atoms with Crippen LogP contribution >= 0.6 is 0 Å². The van der Waals surface area contributed by atoms with Crippen molar-refractivity contribution in [3.63, 3.8) is 0 Å². The molecule has 4 nitrogen and oxygen atoms in total. The van der Waals surface area contributed by atoms with Crippen LogP contribution in [0.5, 0.6) is 0 Å². The molecule has 0 heterocycles. The van der Waals surface area contributed by atoms with Gasteiger partial charge in [0.15, 0.2) is 0 Å². The van der Waals surface area contributed by atoms with Crippen molar-refractivity contribution in [3.05, 3.63) is 39.9 Å². The Morgan fingerprint density at radius 3 is 2.45 bits per heavy atom. The van der Waals surface area contributed by atoms with Gasteiger partial charge in [-0.25, -0.2) is 0 Å². The molecular formula is C16H24N2O2. The number of non-ortho nitro benzene ring substituents is 1. The summed E-state index contributed by atoms with van der Waals surface area (Å²) in [5, 5.41) is 14.0. The minimum atomic E-state index is -0.346. The number of benzene rings is 1. The summed E-state index contributed by atoms with van der Waals surface area (Å²) in [5.41, 5.74) is 1.34. The summed E-state index contributed by atoms with van der Waals surface area (Å²) in [6, 6.07) is 7.43. The Hall–Kier alpha value is -1.42. The van der Waals surface area contributed by atoms with Gasteiger partial charge in [-0.2, -0.15) is 0 Å². The van der Waals surface area contributed by atoms with Crippen molar-refractivity contribution >= 4 is 5.69 Å². The third kappa shape index (κ3) is 4.30. The molecule has 1 atom stereocenters. The van der Waals surface area contributed by atoms with Crippen LogP contribution in [0.3, 0.4) is 0 Å². The van der Waals surface area contributed by atoms with Crippen LogP contribution in [-0.4, -0.2) is 18.0 Å². The first-order chi connectivity index (χ1) is 9.69. The molecule has 4 heteroatoms. The number of nitrogens with one attached hydrogen (secondary N) is 1. The fraction of sp³-hybridized carbons (Fsp3) is 0.625. The van der Waals surface area contributed by atoms with E-state index in [1.807, 2.05) is 19.2 Å². The maximum atomic E-state index is 10.6. The Morgan fingerprint density at radius 2 is 1.90 bits per heavy atom. The lowest BCUT2D eigenvalue weighted by Gasteiger charge is -2.26. The number of rotatable bonds is 6. The second kappa shape index (κ2) is 7.39. The van der Waals surface area contributed by atoms with Gasteiger partial charge in [-0.3, -0.25) is 10.1 Å². The fourth-order valence-electron chi connectivity index (χ4n) is 3.17. The molecule has 110 valence electrons. The van der Waals surface area contributed by atoms with E-state index in [-0.39, 0.29) is 10.6 Å². The quantitative estimate of drug-likeness (QED) is 0.636. The van der Waals surface area contributed by atoms with Gasteiger partial charge in [0.05, 0.1) is 4.92 Å². The predicted molar refractivity (Wildman–Crippen MR) is 80.8 cm³/mol. The zero-order valence-electron chi connectivity index (χ0n) is 12.2. The highest BCUT2D eigenvalue weighted by atomic mass is 16.6. The van der Waals surface area contributed by atoms with Crippen LogP contribution in [0.4, 0.5) is 5.69 Å². The number of nitro groups is 1. The molecule has 0 radical (unpaired) electrons. The maximum Gasteiger partial charge on any atom is 0.269 e. The summed E-state index contributed by atoms with van der Waals surface area (Å²) in [7, 11) is 2.01. The van der Waals surface area contributed by atoms with E-state index in [0.29, 0.717) is 6.04 Å². The Bertz CT molecular complexity index is 425. The van der Waals surface area contributed by atoms with Crippen molar-refractivity contribution in [2.24, 2.45) is 5.92 Å². The van der Waals surface area contributed by atoms with E-state index in [4.69, 9.17) is 0 Å². The summed E-state index contributed by atoms with van der Waals surface area (Å²) < 4.78 is 0. The number of nitro benzene ring substituents is 1. The third-order valence-corrected chi connectivity index (χ3v) is 4.38. The molecule has 1 fully saturated rings. The first-order valence-corrected chi connectivity index (χ1v) is 7.59. The van der Waals surface area contributed by atoms with Crippen LogP contribution < -0.4 is 5.32 Å². The fourth-order valence-corrected chi connectivity index (χ4v) is 3.17. The van der Waals surface area contributed by atoms with Gasteiger partial charge in [0.1, 0.15) is 0 Å². The predicted octanol–water partition coefficient (Wildman–Crippen LogP) is 3.70. The largest absolute Gasteiger partial charge is 0.317 e. The van der Waals surface area contributed by atoms with Gasteiger partial charge >= 0.3 is 0 Å². The zero-order chi connectivity index (χ0) is 14.4. The average molecular weight is 276 g/mol. The van der Waals surface area contributed by atoms with Crippen molar-refractivity contribution in [2.45, 2.75) is 51.0 Å². The lowest BCUT2D eigenvalue weighted by Crippen LogP contribution is -2.30. The van der Waals surface area contributed by atoms with E-state index in [9.17, 15) is 10.1 Å². The van der Waals surface area contributed by atoms with E-state index in [2.05, 4.69) is 5.32 Å². The SMILES string of the molecule is CNC(Cc1ccc([N+](=O)[O-])cc1)CC1CCCCC1. The van der Waals surface area contributed by atoms with Gasteiger partial charge in [0.25, 0.3) is 5.69 Å². The topological polar surface area (TPSA) is 55.2 Å². The molecule has 1 aliphatic carbocycles. The van der Waals surface area contributed by atoms with Crippen LogP contribution in [0, 0.1) is 16.0 Å². The zero-order valence-corrected chi connectivity index (χ0v) is 12.2. The number of likely N-dealkylation sites (N-methyl/N-ethyl adjacent to an activating group) is 1. The van der Waals surface area contributed by atoms with E-state index in [1.54, 1.807) is 12.1 Å². The molecule has 0 amide bonds. The van der Waals surface area contributed by atoms with Crippen molar-refractivity contribution in [1.82, 2.24) is 5.32 Å². The lowest BCUT2D eigenvalue weighted by molar-refractivity contribution is -0.384. The first-order valence-electron chi connectivity index (χ1n) is 7.59. The summed E-state index contributed by atoms with van der Waals surface area (Å²) in [5.74, 6) is 0.847. The van der Waals surface area contributed by atoms with Gasteiger partial charge in [-0.05, 0) is 31.4 Å². The van der Waals surface area contributed by atoms with Crippen LogP contribution in [0.2, 0.25) is 0 Å². The minimum absolute atomic E-state index is 0.169. The number of hydrogen-bond donors (Lipinski definition) is 1. The molecular weight excluding hydrogens is 252 g/mol. The molecule has 0 aromatic heterocycles. The molecule has 1 unspecified atom stereocenters. The van der Waals surface area contributed by atoms with E-state index < -0.39 is 0 Å². The molecule has 1 saturated carbocycles. The van der Waals surface area contributed by atoms with Crippen molar-refractivity contribution in [1.29, 1.82) is 0 Å². The molecule has 1 aliphatic rings. The molecule has 0 saturated heterocycles. The van der Waals surface area contributed by atoms with Crippen LogP contribution in [-0.2, 0) is 6.42 Å². The smallest absolute Gasteiger partial charge is 0.269 e. The standard InChI is InChI=1S/C16H24N2O2/c1-17-15(11-13-5-3-2-4-6-13)12-14-7-9-16(10-8-14)18(19)20/h7-10,13,15,17H,2-6,11-12H2,1H3. The molecule has 2 rings (SSSR count). The Morgan fingerprint density at radius 1 is 1.25 bits per heavy atom. The Kier molecular flexibility index (Phi) is 5.53. The summed E-state index contributed by atoms with van der Waals surface area (Å²) in [4.78, 5) is 10.3. The Balaban J connectivity index is 1.89. The molecule has 1 aromatic carbocycles. The lowest BCUT2D eigenvalue weighted by atomic mass is 9.83. The highest BCUT2D eigenvalue weighted by Crippen LogP contribution is 2.28.